The standard InChI is InChI=1S/C23H28N4O/c1-3-24-22(28)18-12-14-26(15-13-18)23-25-20-10-6-7-11-21(20)27(23)16-19-9-5-4-8-17(19)2/h4-11,18H,3,12-16H2,1-2H3,(H,24,28). The Balaban J connectivity index is 1.62. The van der Waals surface area contributed by atoms with E-state index in [-0.39, 0.29) is 11.8 Å². The molecule has 0 atom stereocenters. The maximum atomic E-state index is 12.2. The number of amides is 1. The van der Waals surface area contributed by atoms with E-state index in [2.05, 4.69) is 64.2 Å². The van der Waals surface area contributed by atoms with Crippen molar-refractivity contribution in [2.75, 3.05) is 24.5 Å². The molecule has 146 valence electrons. The summed E-state index contributed by atoms with van der Waals surface area (Å²) in [6.45, 7) is 7.36. The van der Waals surface area contributed by atoms with Gasteiger partial charge in [-0.1, -0.05) is 36.4 Å². The topological polar surface area (TPSA) is 50.2 Å². The maximum absolute atomic E-state index is 12.2. The van der Waals surface area contributed by atoms with Crippen molar-refractivity contribution in [2.24, 2.45) is 5.92 Å². The Labute approximate surface area is 166 Å². The number of aryl methyl sites for hydroxylation is 1. The van der Waals surface area contributed by atoms with Crippen LogP contribution < -0.4 is 10.2 Å². The van der Waals surface area contributed by atoms with Crippen molar-refractivity contribution in [1.82, 2.24) is 14.9 Å². The highest BCUT2D eigenvalue weighted by Crippen LogP contribution is 2.28. The molecule has 1 fully saturated rings. The molecule has 0 unspecified atom stereocenters. The molecule has 1 saturated heterocycles. The van der Waals surface area contributed by atoms with Crippen molar-refractivity contribution in [3.63, 3.8) is 0 Å². The predicted octanol–water partition coefficient (Wildman–Crippen LogP) is 3.75. The summed E-state index contributed by atoms with van der Waals surface area (Å²) < 4.78 is 2.32. The fourth-order valence-electron chi connectivity index (χ4n) is 4.08. The molecule has 0 bridgehead atoms. The zero-order valence-corrected chi connectivity index (χ0v) is 16.7. The Hall–Kier alpha value is -2.82. The largest absolute Gasteiger partial charge is 0.356 e. The highest BCUT2D eigenvalue weighted by Gasteiger charge is 2.27. The second-order valence-electron chi connectivity index (χ2n) is 7.57. The minimum absolute atomic E-state index is 0.116. The van der Waals surface area contributed by atoms with Gasteiger partial charge in [0.15, 0.2) is 0 Å². The molecule has 4 rings (SSSR count). The minimum atomic E-state index is 0.116. The summed E-state index contributed by atoms with van der Waals surface area (Å²) in [5, 5.41) is 2.96. The molecule has 0 spiro atoms. The molecule has 28 heavy (non-hydrogen) atoms. The molecule has 2 heterocycles. The van der Waals surface area contributed by atoms with Gasteiger partial charge in [-0.2, -0.15) is 0 Å². The van der Waals surface area contributed by atoms with Gasteiger partial charge in [0.2, 0.25) is 11.9 Å². The number of fused-ring (bicyclic) bond motifs is 1. The number of para-hydroxylation sites is 2. The first kappa shape index (κ1) is 18.5. The van der Waals surface area contributed by atoms with Crippen LogP contribution >= 0.6 is 0 Å². The molecule has 0 radical (unpaired) electrons. The molecule has 1 N–H and O–H groups in total. The van der Waals surface area contributed by atoms with Crippen LogP contribution in [0.2, 0.25) is 0 Å². The fourth-order valence-corrected chi connectivity index (χ4v) is 4.08. The van der Waals surface area contributed by atoms with Gasteiger partial charge < -0.3 is 14.8 Å². The minimum Gasteiger partial charge on any atom is -0.356 e. The number of piperidine rings is 1. The van der Waals surface area contributed by atoms with Crippen LogP contribution in [0.3, 0.4) is 0 Å². The highest BCUT2D eigenvalue weighted by atomic mass is 16.1. The Morgan fingerprint density at radius 1 is 1.11 bits per heavy atom. The number of benzene rings is 2. The zero-order chi connectivity index (χ0) is 19.5. The second kappa shape index (κ2) is 8.05. The number of carbonyl (C=O) groups is 1. The summed E-state index contributed by atoms with van der Waals surface area (Å²) in [4.78, 5) is 19.5. The van der Waals surface area contributed by atoms with E-state index in [0.717, 1.165) is 49.5 Å². The number of imidazole rings is 1. The summed E-state index contributed by atoms with van der Waals surface area (Å²) in [5.41, 5.74) is 4.79. The number of nitrogens with one attached hydrogen (secondary N) is 1. The van der Waals surface area contributed by atoms with Crippen LogP contribution in [0, 0.1) is 12.8 Å². The number of aromatic nitrogens is 2. The molecule has 0 saturated carbocycles. The van der Waals surface area contributed by atoms with Crippen LogP contribution in [0.25, 0.3) is 11.0 Å². The van der Waals surface area contributed by atoms with E-state index >= 15 is 0 Å². The number of rotatable bonds is 5. The van der Waals surface area contributed by atoms with Crippen LogP contribution in [0.5, 0.6) is 0 Å². The van der Waals surface area contributed by atoms with Gasteiger partial charge in [-0.3, -0.25) is 4.79 Å². The average molecular weight is 377 g/mol. The first-order valence-corrected chi connectivity index (χ1v) is 10.2. The first-order valence-electron chi connectivity index (χ1n) is 10.2. The van der Waals surface area contributed by atoms with E-state index in [1.807, 2.05) is 13.0 Å². The van der Waals surface area contributed by atoms with Crippen molar-refractivity contribution in [1.29, 1.82) is 0 Å². The van der Waals surface area contributed by atoms with E-state index < -0.39 is 0 Å². The molecular weight excluding hydrogens is 348 g/mol. The summed E-state index contributed by atoms with van der Waals surface area (Å²) in [6.07, 6.45) is 1.75. The number of anilines is 1. The van der Waals surface area contributed by atoms with Gasteiger partial charge in [-0.25, -0.2) is 4.98 Å². The molecule has 2 aromatic carbocycles. The summed E-state index contributed by atoms with van der Waals surface area (Å²) >= 11 is 0. The Morgan fingerprint density at radius 3 is 2.57 bits per heavy atom. The number of hydrogen-bond donors (Lipinski definition) is 1. The Bertz CT molecular complexity index is 970. The summed E-state index contributed by atoms with van der Waals surface area (Å²) in [7, 11) is 0. The third kappa shape index (κ3) is 3.61. The third-order valence-electron chi connectivity index (χ3n) is 5.72. The molecule has 1 aliphatic heterocycles. The normalized spacial score (nSPS) is 15.1. The Morgan fingerprint density at radius 2 is 1.82 bits per heavy atom. The van der Waals surface area contributed by atoms with E-state index in [1.54, 1.807) is 0 Å². The number of carbonyl (C=O) groups excluding carboxylic acids is 1. The quantitative estimate of drug-likeness (QED) is 0.738. The lowest BCUT2D eigenvalue weighted by Crippen LogP contribution is -2.41. The van der Waals surface area contributed by atoms with E-state index in [1.165, 1.54) is 11.1 Å². The molecule has 1 amide bonds. The summed E-state index contributed by atoms with van der Waals surface area (Å²) in [5.74, 6) is 1.32. The fraction of sp³-hybridized carbons (Fsp3) is 0.391. The molecule has 5 heteroatoms. The maximum Gasteiger partial charge on any atom is 0.223 e. The first-order chi connectivity index (χ1) is 13.7. The summed E-state index contributed by atoms with van der Waals surface area (Å²) in [6, 6.07) is 16.9. The van der Waals surface area contributed by atoms with E-state index in [4.69, 9.17) is 4.98 Å². The molecule has 0 aliphatic carbocycles. The predicted molar refractivity (Wildman–Crippen MR) is 114 cm³/mol. The van der Waals surface area contributed by atoms with Gasteiger partial charge in [0.1, 0.15) is 0 Å². The number of nitrogens with zero attached hydrogens (tertiary/aromatic N) is 3. The molecule has 1 aliphatic rings. The van der Waals surface area contributed by atoms with E-state index in [9.17, 15) is 4.79 Å². The Kier molecular flexibility index (Phi) is 5.33. The van der Waals surface area contributed by atoms with Crippen LogP contribution in [0.4, 0.5) is 5.95 Å². The molecule has 1 aromatic heterocycles. The van der Waals surface area contributed by atoms with Crippen molar-refractivity contribution < 1.29 is 4.79 Å². The highest BCUT2D eigenvalue weighted by molar-refractivity contribution is 5.80. The zero-order valence-electron chi connectivity index (χ0n) is 16.7. The lowest BCUT2D eigenvalue weighted by Gasteiger charge is -2.32. The van der Waals surface area contributed by atoms with Gasteiger partial charge in [0.05, 0.1) is 17.6 Å². The molecule has 5 nitrogen and oxygen atoms in total. The van der Waals surface area contributed by atoms with Crippen LogP contribution in [-0.2, 0) is 11.3 Å². The van der Waals surface area contributed by atoms with E-state index in [0.29, 0.717) is 6.54 Å². The van der Waals surface area contributed by atoms with Crippen LogP contribution in [0.1, 0.15) is 30.9 Å². The lowest BCUT2D eigenvalue weighted by molar-refractivity contribution is -0.125. The van der Waals surface area contributed by atoms with Gasteiger partial charge in [-0.05, 0) is 49.9 Å². The molecular formula is C23H28N4O. The second-order valence-corrected chi connectivity index (χ2v) is 7.57. The van der Waals surface area contributed by atoms with Crippen molar-refractivity contribution in [2.45, 2.75) is 33.2 Å². The lowest BCUT2D eigenvalue weighted by atomic mass is 9.96. The van der Waals surface area contributed by atoms with Gasteiger partial charge in [0, 0.05) is 25.6 Å². The van der Waals surface area contributed by atoms with Gasteiger partial charge in [0.25, 0.3) is 0 Å². The van der Waals surface area contributed by atoms with Crippen molar-refractivity contribution >= 4 is 22.9 Å². The van der Waals surface area contributed by atoms with Crippen LogP contribution in [0.15, 0.2) is 48.5 Å². The van der Waals surface area contributed by atoms with Crippen molar-refractivity contribution in [3.05, 3.63) is 59.7 Å². The molecule has 3 aromatic rings. The van der Waals surface area contributed by atoms with Crippen LogP contribution in [-0.4, -0.2) is 35.1 Å². The monoisotopic (exact) mass is 376 g/mol. The van der Waals surface area contributed by atoms with Gasteiger partial charge >= 0.3 is 0 Å². The van der Waals surface area contributed by atoms with Gasteiger partial charge in [-0.15, -0.1) is 0 Å². The SMILES string of the molecule is CCNC(=O)C1CCN(c2nc3ccccc3n2Cc2ccccc2C)CC1. The number of hydrogen-bond acceptors (Lipinski definition) is 3. The average Bonchev–Trinajstić information content (AvgIpc) is 3.08. The third-order valence-corrected chi connectivity index (χ3v) is 5.72. The smallest absolute Gasteiger partial charge is 0.223 e. The van der Waals surface area contributed by atoms with Crippen molar-refractivity contribution in [3.8, 4) is 0 Å².